The molecule has 5 aromatic heterocycles. The molecule has 0 unspecified atom stereocenters. The maximum Gasteiger partial charge on any atom is 0.164 e. The molecule has 0 aliphatic heterocycles. The number of nitrogens with zero attached hydrogens (tertiary/aromatic N) is 6. The van der Waals surface area contributed by atoms with Crippen LogP contribution in [0.1, 0.15) is 0 Å². The van der Waals surface area contributed by atoms with Gasteiger partial charge in [-0.15, -0.1) is 0 Å². The van der Waals surface area contributed by atoms with E-state index >= 15 is 0 Å². The van der Waals surface area contributed by atoms with E-state index in [0.717, 1.165) is 66.6 Å². The number of pyridine rings is 1. The first-order chi connectivity index (χ1) is 30.7. The molecule has 0 bridgehead atoms. The van der Waals surface area contributed by atoms with Crippen molar-refractivity contribution >= 4 is 54.4 Å². The van der Waals surface area contributed by atoms with Crippen molar-refractivity contribution in [3.63, 3.8) is 0 Å². The van der Waals surface area contributed by atoms with Gasteiger partial charge in [0.05, 0.1) is 27.8 Å². The first-order valence-corrected chi connectivity index (χ1v) is 20.9. The lowest BCUT2D eigenvalue weighted by atomic mass is 9.97. The molecule has 8 aromatic carbocycles. The standard InChI is InChI=1S/C56H34N6/c1-4-16-36(17-5-1)50-51(37-18-6-2-7-19-37)60-62-49(34-40-22-10-11-23-42(40)53(50)62)35-28-30-39(31-29-35)55-57-54(38-20-8-3-9-21-38)58-56(59-55)41-32-45-43-24-12-14-26-47(43)61-48-27-15-13-25-44(48)46(33-41)52(45)61/h1-34H. The molecule has 6 nitrogen and oxygen atoms in total. The number of fused-ring (bicyclic) bond motifs is 9. The van der Waals surface area contributed by atoms with Crippen LogP contribution in [0.25, 0.3) is 122 Å². The quantitative estimate of drug-likeness (QED) is 0.168. The fourth-order valence-electron chi connectivity index (χ4n) is 9.49. The summed E-state index contributed by atoms with van der Waals surface area (Å²) in [5, 5.41) is 12.5. The number of hydrogen-bond donors (Lipinski definition) is 0. The summed E-state index contributed by atoms with van der Waals surface area (Å²) in [6.45, 7) is 0. The number of para-hydroxylation sites is 2. The molecule has 5 heterocycles. The van der Waals surface area contributed by atoms with E-state index in [-0.39, 0.29) is 0 Å². The number of rotatable bonds is 6. The molecule has 0 aliphatic carbocycles. The second-order valence-electron chi connectivity index (χ2n) is 15.9. The Bertz CT molecular complexity index is 3750. The van der Waals surface area contributed by atoms with Gasteiger partial charge < -0.3 is 4.40 Å². The molecule has 0 atom stereocenters. The average molecular weight is 791 g/mol. The normalized spacial score (nSPS) is 11.9. The zero-order chi connectivity index (χ0) is 40.7. The van der Waals surface area contributed by atoms with E-state index < -0.39 is 0 Å². The fourth-order valence-corrected chi connectivity index (χ4v) is 9.49. The van der Waals surface area contributed by atoms with Crippen molar-refractivity contribution in [2.75, 3.05) is 0 Å². The largest absolute Gasteiger partial charge is 0.308 e. The minimum Gasteiger partial charge on any atom is -0.308 e. The lowest BCUT2D eigenvalue weighted by Gasteiger charge is -2.12. The topological polar surface area (TPSA) is 60.4 Å². The molecule has 0 N–H and O–H groups in total. The molecule has 62 heavy (non-hydrogen) atoms. The van der Waals surface area contributed by atoms with Crippen LogP contribution in [0.15, 0.2) is 206 Å². The summed E-state index contributed by atoms with van der Waals surface area (Å²) in [7, 11) is 0. The van der Waals surface area contributed by atoms with E-state index in [4.69, 9.17) is 20.1 Å². The number of benzene rings is 8. The molecule has 0 spiro atoms. The van der Waals surface area contributed by atoms with Crippen LogP contribution in [0, 0.1) is 0 Å². The van der Waals surface area contributed by atoms with Gasteiger partial charge in [-0.25, -0.2) is 19.5 Å². The third-order valence-electron chi connectivity index (χ3n) is 12.3. The van der Waals surface area contributed by atoms with Crippen LogP contribution >= 0.6 is 0 Å². The van der Waals surface area contributed by atoms with Crippen LogP contribution in [0.3, 0.4) is 0 Å². The van der Waals surface area contributed by atoms with Gasteiger partial charge in [-0.1, -0.05) is 176 Å². The van der Waals surface area contributed by atoms with Crippen LogP contribution in [-0.2, 0) is 0 Å². The summed E-state index contributed by atoms with van der Waals surface area (Å²) in [5.41, 5.74) is 13.8. The Balaban J connectivity index is 0.997. The Morgan fingerprint density at radius 2 is 0.790 bits per heavy atom. The predicted molar refractivity (Wildman–Crippen MR) is 253 cm³/mol. The fraction of sp³-hybridized carbons (Fsp3) is 0. The predicted octanol–water partition coefficient (Wildman–Crippen LogP) is 13.8. The number of hydrogen-bond acceptors (Lipinski definition) is 4. The van der Waals surface area contributed by atoms with Crippen molar-refractivity contribution in [3.8, 4) is 67.8 Å². The smallest absolute Gasteiger partial charge is 0.164 e. The molecule has 0 saturated heterocycles. The van der Waals surface area contributed by atoms with E-state index in [0.29, 0.717) is 17.5 Å². The van der Waals surface area contributed by atoms with Gasteiger partial charge in [0, 0.05) is 60.3 Å². The van der Waals surface area contributed by atoms with Gasteiger partial charge in [0.2, 0.25) is 0 Å². The highest BCUT2D eigenvalue weighted by Crippen LogP contribution is 2.43. The van der Waals surface area contributed by atoms with Gasteiger partial charge in [0.1, 0.15) is 5.69 Å². The second-order valence-corrected chi connectivity index (χ2v) is 15.9. The monoisotopic (exact) mass is 790 g/mol. The molecule has 13 rings (SSSR count). The molecule has 0 radical (unpaired) electrons. The highest BCUT2D eigenvalue weighted by molar-refractivity contribution is 6.24. The Hall–Kier alpha value is -8.48. The van der Waals surface area contributed by atoms with Gasteiger partial charge in [-0.05, 0) is 41.3 Å². The molecule has 0 amide bonds. The Morgan fingerprint density at radius 3 is 1.40 bits per heavy atom. The average Bonchev–Trinajstić information content (AvgIpc) is 4.03. The van der Waals surface area contributed by atoms with Crippen LogP contribution in [0.5, 0.6) is 0 Å². The van der Waals surface area contributed by atoms with Gasteiger partial charge >= 0.3 is 0 Å². The van der Waals surface area contributed by atoms with E-state index in [1.54, 1.807) is 0 Å². The van der Waals surface area contributed by atoms with Crippen molar-refractivity contribution < 1.29 is 0 Å². The molecule has 13 aromatic rings. The molecular formula is C56H34N6. The second kappa shape index (κ2) is 13.5. The van der Waals surface area contributed by atoms with Crippen LogP contribution < -0.4 is 0 Å². The Labute approximate surface area is 356 Å². The third kappa shape index (κ3) is 5.23. The van der Waals surface area contributed by atoms with Gasteiger partial charge in [0.15, 0.2) is 17.5 Å². The van der Waals surface area contributed by atoms with Crippen LogP contribution in [0.2, 0.25) is 0 Å². The molecular weight excluding hydrogens is 757 g/mol. The summed E-state index contributed by atoms with van der Waals surface area (Å²) in [5.74, 6) is 1.87. The minimum atomic E-state index is 0.611. The zero-order valence-electron chi connectivity index (χ0n) is 33.3. The lowest BCUT2D eigenvalue weighted by Crippen LogP contribution is -2.00. The van der Waals surface area contributed by atoms with Crippen molar-refractivity contribution in [2.45, 2.75) is 0 Å². The molecule has 0 fully saturated rings. The van der Waals surface area contributed by atoms with E-state index in [1.807, 2.05) is 18.2 Å². The molecule has 6 heteroatoms. The van der Waals surface area contributed by atoms with Crippen molar-refractivity contribution in [1.82, 2.24) is 29.0 Å². The zero-order valence-corrected chi connectivity index (χ0v) is 33.3. The van der Waals surface area contributed by atoms with Gasteiger partial charge in [-0.3, -0.25) is 0 Å². The first-order valence-electron chi connectivity index (χ1n) is 20.9. The van der Waals surface area contributed by atoms with E-state index in [2.05, 4.69) is 197 Å². The van der Waals surface area contributed by atoms with Crippen molar-refractivity contribution in [2.24, 2.45) is 0 Å². The van der Waals surface area contributed by atoms with Crippen molar-refractivity contribution in [1.29, 1.82) is 0 Å². The first kappa shape index (κ1) is 34.4. The summed E-state index contributed by atoms with van der Waals surface area (Å²) < 4.78 is 4.53. The highest BCUT2D eigenvalue weighted by Gasteiger charge is 2.23. The SMILES string of the molecule is c1ccc(-c2nc(-c3ccc(-c4cc5ccccc5c5c(-c6ccccc6)c(-c6ccccc6)nn45)cc3)nc(-c3cc4c5ccccc5n5c6ccccc6c(c3)c45)n2)cc1. The lowest BCUT2D eigenvalue weighted by molar-refractivity contribution is 0.979. The number of aromatic nitrogens is 6. The summed E-state index contributed by atoms with van der Waals surface area (Å²) >= 11 is 0. The molecule has 0 saturated carbocycles. The van der Waals surface area contributed by atoms with E-state index in [1.165, 1.54) is 38.1 Å². The molecule has 0 aliphatic rings. The van der Waals surface area contributed by atoms with Crippen LogP contribution in [0.4, 0.5) is 0 Å². The summed E-state index contributed by atoms with van der Waals surface area (Å²) in [6, 6.07) is 72.5. The highest BCUT2D eigenvalue weighted by atomic mass is 15.2. The Kier molecular flexibility index (Phi) is 7.50. The maximum absolute atomic E-state index is 5.41. The van der Waals surface area contributed by atoms with Gasteiger partial charge in [-0.2, -0.15) is 5.10 Å². The van der Waals surface area contributed by atoms with Crippen LogP contribution in [-0.4, -0.2) is 29.0 Å². The summed E-state index contributed by atoms with van der Waals surface area (Å²) in [6.07, 6.45) is 0. The Morgan fingerprint density at radius 1 is 0.323 bits per heavy atom. The molecule has 288 valence electrons. The van der Waals surface area contributed by atoms with Crippen molar-refractivity contribution in [3.05, 3.63) is 206 Å². The van der Waals surface area contributed by atoms with E-state index in [9.17, 15) is 0 Å². The maximum atomic E-state index is 5.41. The minimum absolute atomic E-state index is 0.611. The van der Waals surface area contributed by atoms with Gasteiger partial charge in [0.25, 0.3) is 0 Å². The summed E-state index contributed by atoms with van der Waals surface area (Å²) in [4.78, 5) is 15.5. The third-order valence-corrected chi connectivity index (χ3v) is 12.3.